The third-order valence-corrected chi connectivity index (χ3v) is 2.66. The fourth-order valence-corrected chi connectivity index (χ4v) is 1.56. The Morgan fingerprint density at radius 2 is 2.06 bits per heavy atom. The SMILES string of the molecule is COC(=O)c1ccc(C(C)(C)N=C=O)cc1C. The van der Waals surface area contributed by atoms with Crippen molar-refractivity contribution in [1.82, 2.24) is 0 Å². The van der Waals surface area contributed by atoms with Crippen LogP contribution in [0.2, 0.25) is 0 Å². The molecule has 0 spiro atoms. The molecule has 0 unspecified atom stereocenters. The van der Waals surface area contributed by atoms with Crippen LogP contribution in [0.4, 0.5) is 0 Å². The van der Waals surface area contributed by atoms with Gasteiger partial charge in [0.15, 0.2) is 0 Å². The minimum Gasteiger partial charge on any atom is -0.465 e. The normalized spacial score (nSPS) is 10.6. The lowest BCUT2D eigenvalue weighted by molar-refractivity contribution is 0.0600. The van der Waals surface area contributed by atoms with Gasteiger partial charge in [-0.05, 0) is 38.0 Å². The van der Waals surface area contributed by atoms with Crippen LogP contribution in [-0.2, 0) is 15.1 Å². The lowest BCUT2D eigenvalue weighted by Gasteiger charge is -2.19. The lowest BCUT2D eigenvalue weighted by Crippen LogP contribution is -2.14. The molecule has 1 aromatic rings. The van der Waals surface area contributed by atoms with Gasteiger partial charge in [0.1, 0.15) is 0 Å². The van der Waals surface area contributed by atoms with Crippen LogP contribution in [0.25, 0.3) is 0 Å². The van der Waals surface area contributed by atoms with E-state index in [0.29, 0.717) is 5.56 Å². The van der Waals surface area contributed by atoms with E-state index >= 15 is 0 Å². The highest BCUT2D eigenvalue weighted by Gasteiger charge is 2.21. The van der Waals surface area contributed by atoms with Gasteiger partial charge in [0.05, 0.1) is 18.2 Å². The van der Waals surface area contributed by atoms with E-state index in [-0.39, 0.29) is 5.97 Å². The number of aliphatic imine (C=N–C) groups is 1. The smallest absolute Gasteiger partial charge is 0.338 e. The van der Waals surface area contributed by atoms with E-state index in [9.17, 15) is 9.59 Å². The van der Waals surface area contributed by atoms with E-state index in [4.69, 9.17) is 0 Å². The summed E-state index contributed by atoms with van der Waals surface area (Å²) in [6.45, 7) is 5.44. The number of isocyanates is 1. The molecule has 0 aliphatic heterocycles. The summed E-state index contributed by atoms with van der Waals surface area (Å²) in [4.78, 5) is 25.5. The Balaban J connectivity index is 3.21. The number of nitrogens with zero attached hydrogens (tertiary/aromatic N) is 1. The van der Waals surface area contributed by atoms with Crippen LogP contribution in [0.3, 0.4) is 0 Å². The van der Waals surface area contributed by atoms with E-state index in [1.165, 1.54) is 7.11 Å². The topological polar surface area (TPSA) is 55.7 Å². The molecule has 0 saturated heterocycles. The molecule has 0 radical (unpaired) electrons. The van der Waals surface area contributed by atoms with Crippen molar-refractivity contribution in [3.8, 4) is 0 Å². The molecule has 0 aliphatic carbocycles. The molecule has 4 heteroatoms. The zero-order valence-corrected chi connectivity index (χ0v) is 10.4. The summed E-state index contributed by atoms with van der Waals surface area (Å²) in [6, 6.07) is 5.27. The van der Waals surface area contributed by atoms with E-state index in [0.717, 1.165) is 11.1 Å². The number of hydrogen-bond donors (Lipinski definition) is 0. The maximum Gasteiger partial charge on any atom is 0.338 e. The third-order valence-electron chi connectivity index (χ3n) is 2.66. The molecule has 0 aromatic heterocycles. The third kappa shape index (κ3) is 2.80. The first-order valence-corrected chi connectivity index (χ1v) is 5.21. The van der Waals surface area contributed by atoms with E-state index in [1.807, 2.05) is 26.8 Å². The number of rotatable bonds is 3. The van der Waals surface area contributed by atoms with E-state index in [1.54, 1.807) is 18.2 Å². The predicted molar refractivity (Wildman–Crippen MR) is 63.7 cm³/mol. The lowest BCUT2D eigenvalue weighted by atomic mass is 9.92. The van der Waals surface area contributed by atoms with Crippen molar-refractivity contribution < 1.29 is 14.3 Å². The van der Waals surface area contributed by atoms with Gasteiger partial charge in [-0.25, -0.2) is 9.59 Å². The number of methoxy groups -OCH3 is 1. The van der Waals surface area contributed by atoms with Crippen LogP contribution in [0, 0.1) is 6.92 Å². The second-order valence-corrected chi connectivity index (χ2v) is 4.28. The van der Waals surface area contributed by atoms with Gasteiger partial charge in [-0.3, -0.25) is 0 Å². The number of benzene rings is 1. The molecule has 0 aliphatic rings. The largest absolute Gasteiger partial charge is 0.465 e. The number of hydrogen-bond acceptors (Lipinski definition) is 4. The van der Waals surface area contributed by atoms with Crippen molar-refractivity contribution in [1.29, 1.82) is 0 Å². The molecule has 0 saturated carbocycles. The maximum absolute atomic E-state index is 11.4. The highest BCUT2D eigenvalue weighted by Crippen LogP contribution is 2.26. The van der Waals surface area contributed by atoms with Gasteiger partial charge < -0.3 is 4.74 Å². The molecule has 0 atom stereocenters. The van der Waals surface area contributed by atoms with Gasteiger partial charge in [0, 0.05) is 0 Å². The van der Waals surface area contributed by atoms with E-state index < -0.39 is 5.54 Å². The summed E-state index contributed by atoms with van der Waals surface area (Å²) in [5.41, 5.74) is 1.53. The molecule has 0 N–H and O–H groups in total. The molecule has 0 amide bonds. The molecule has 1 rings (SSSR count). The fraction of sp³-hybridized carbons (Fsp3) is 0.385. The van der Waals surface area contributed by atoms with Crippen molar-refractivity contribution >= 4 is 12.0 Å². The van der Waals surface area contributed by atoms with Gasteiger partial charge in [-0.1, -0.05) is 12.1 Å². The van der Waals surface area contributed by atoms with Gasteiger partial charge >= 0.3 is 5.97 Å². The van der Waals surface area contributed by atoms with Crippen LogP contribution in [0.15, 0.2) is 23.2 Å². The van der Waals surface area contributed by atoms with Crippen molar-refractivity contribution in [2.75, 3.05) is 7.11 Å². The Morgan fingerprint density at radius 3 is 2.53 bits per heavy atom. The minimum absolute atomic E-state index is 0.370. The molecule has 0 fully saturated rings. The first-order chi connectivity index (χ1) is 7.92. The molecule has 90 valence electrons. The van der Waals surface area contributed by atoms with Crippen molar-refractivity contribution in [3.05, 3.63) is 34.9 Å². The molecule has 17 heavy (non-hydrogen) atoms. The van der Waals surface area contributed by atoms with Crippen molar-refractivity contribution in [2.45, 2.75) is 26.3 Å². The second kappa shape index (κ2) is 4.93. The minimum atomic E-state index is -0.638. The summed E-state index contributed by atoms with van der Waals surface area (Å²) in [5.74, 6) is -0.370. The Bertz CT molecular complexity index is 485. The van der Waals surface area contributed by atoms with Gasteiger partial charge in [-0.2, -0.15) is 4.99 Å². The highest BCUT2D eigenvalue weighted by atomic mass is 16.5. The number of ether oxygens (including phenoxy) is 1. The number of aryl methyl sites for hydroxylation is 1. The van der Waals surface area contributed by atoms with Gasteiger partial charge in [0.2, 0.25) is 6.08 Å². The number of esters is 1. The standard InChI is InChI=1S/C13H15NO3/c1-9-7-10(13(2,3)14-8-15)5-6-11(9)12(16)17-4/h5-7H,1-4H3. The molecule has 0 heterocycles. The quantitative estimate of drug-likeness (QED) is 0.457. The zero-order valence-electron chi connectivity index (χ0n) is 10.4. The average molecular weight is 233 g/mol. The highest BCUT2D eigenvalue weighted by molar-refractivity contribution is 5.91. The first-order valence-electron chi connectivity index (χ1n) is 5.21. The molecule has 1 aromatic carbocycles. The Morgan fingerprint density at radius 1 is 1.41 bits per heavy atom. The summed E-state index contributed by atoms with van der Waals surface area (Å²) in [6.07, 6.45) is 1.56. The van der Waals surface area contributed by atoms with Crippen molar-refractivity contribution in [2.24, 2.45) is 4.99 Å². The Kier molecular flexibility index (Phi) is 3.81. The van der Waals surface area contributed by atoms with Crippen LogP contribution in [0.1, 0.15) is 35.3 Å². The van der Waals surface area contributed by atoms with Crippen LogP contribution in [0.5, 0.6) is 0 Å². The van der Waals surface area contributed by atoms with Gasteiger partial charge in [-0.15, -0.1) is 0 Å². The Hall–Kier alpha value is -1.93. The monoisotopic (exact) mass is 233 g/mol. The fourth-order valence-electron chi connectivity index (χ4n) is 1.56. The van der Waals surface area contributed by atoms with Crippen molar-refractivity contribution in [3.63, 3.8) is 0 Å². The summed E-state index contributed by atoms with van der Waals surface area (Å²) < 4.78 is 4.67. The van der Waals surface area contributed by atoms with Gasteiger partial charge in [0.25, 0.3) is 0 Å². The number of carbonyl (C=O) groups excluding carboxylic acids is 2. The Labute approximate surface area is 100 Å². The average Bonchev–Trinajstić information content (AvgIpc) is 2.28. The molecular formula is C13H15NO3. The van der Waals surface area contributed by atoms with Crippen LogP contribution < -0.4 is 0 Å². The van der Waals surface area contributed by atoms with Crippen LogP contribution in [-0.4, -0.2) is 19.2 Å². The zero-order chi connectivity index (χ0) is 13.1. The van der Waals surface area contributed by atoms with Crippen LogP contribution >= 0.6 is 0 Å². The van der Waals surface area contributed by atoms with E-state index in [2.05, 4.69) is 9.73 Å². The molecule has 4 nitrogen and oxygen atoms in total. The molecular weight excluding hydrogens is 218 g/mol. The first kappa shape index (κ1) is 13.1. The maximum atomic E-state index is 11.4. The second-order valence-electron chi connectivity index (χ2n) is 4.28. The predicted octanol–water partition coefficient (Wildman–Crippen LogP) is 2.35. The number of carbonyl (C=O) groups is 1. The summed E-state index contributed by atoms with van der Waals surface area (Å²) >= 11 is 0. The molecule has 0 bridgehead atoms. The summed E-state index contributed by atoms with van der Waals surface area (Å²) in [5, 5.41) is 0. The summed E-state index contributed by atoms with van der Waals surface area (Å²) in [7, 11) is 1.34.